The highest BCUT2D eigenvalue weighted by Gasteiger charge is 2.76. The minimum absolute atomic E-state index is 0.126. The van der Waals surface area contributed by atoms with Crippen LogP contribution in [0.5, 0.6) is 11.5 Å². The smallest absolute Gasteiger partial charge is 0.136 e. The average molecular weight is 432 g/mol. The lowest BCUT2D eigenvalue weighted by Crippen LogP contribution is -2.17. The largest absolute Gasteiger partial charge is 0.457 e. The van der Waals surface area contributed by atoms with E-state index in [2.05, 4.69) is 19.1 Å². The second-order valence-electron chi connectivity index (χ2n) is 7.22. The normalized spacial score (nSPS) is 22.6. The van der Waals surface area contributed by atoms with Gasteiger partial charge in [-0.25, -0.2) is 0 Å². The molecule has 0 aliphatic heterocycles. The highest BCUT2D eigenvalue weighted by atomic mass is 35.5. The number of hydrogen-bond donors (Lipinski definition) is 0. The van der Waals surface area contributed by atoms with Gasteiger partial charge in [-0.1, -0.05) is 90.6 Å². The molecule has 1 nitrogen and oxygen atoms in total. The number of ether oxygens (including phenoxy) is 1. The van der Waals surface area contributed by atoms with Crippen LogP contribution in [0.1, 0.15) is 30.9 Å². The first-order valence-corrected chi connectivity index (χ1v) is 10.6. The first kappa shape index (κ1) is 19.6. The van der Waals surface area contributed by atoms with Gasteiger partial charge in [-0.2, -0.15) is 0 Å². The molecule has 28 heavy (non-hydrogen) atoms. The summed E-state index contributed by atoms with van der Waals surface area (Å²) in [5.41, 5.74) is 1.66. The van der Waals surface area contributed by atoms with E-state index in [1.54, 1.807) is 0 Å². The average Bonchev–Trinajstić information content (AvgIpc) is 3.19. The van der Waals surface area contributed by atoms with Crippen LogP contribution >= 0.6 is 34.8 Å². The SMILES string of the molecule is CCCC1C(Cl)(Cl)C1(c1ccc(Cl)cc1)c1cccc(Oc2ccccc2)c1. The van der Waals surface area contributed by atoms with Crippen LogP contribution in [0.25, 0.3) is 0 Å². The first-order chi connectivity index (χ1) is 13.5. The molecular formula is C24H21Cl3O. The van der Waals surface area contributed by atoms with Crippen molar-refractivity contribution >= 4 is 34.8 Å². The summed E-state index contributed by atoms with van der Waals surface area (Å²) in [6, 6.07) is 25.7. The van der Waals surface area contributed by atoms with E-state index in [1.165, 1.54) is 0 Å². The Balaban J connectivity index is 1.78. The van der Waals surface area contributed by atoms with Crippen molar-refractivity contribution in [1.82, 2.24) is 0 Å². The van der Waals surface area contributed by atoms with Gasteiger partial charge in [0.15, 0.2) is 0 Å². The number of halogens is 3. The molecule has 1 fully saturated rings. The maximum Gasteiger partial charge on any atom is 0.136 e. The number of para-hydroxylation sites is 1. The van der Waals surface area contributed by atoms with Crippen LogP contribution in [0.2, 0.25) is 5.02 Å². The van der Waals surface area contributed by atoms with E-state index in [4.69, 9.17) is 39.5 Å². The van der Waals surface area contributed by atoms with Gasteiger partial charge in [0, 0.05) is 10.9 Å². The Kier molecular flexibility index (Phi) is 5.35. The first-order valence-electron chi connectivity index (χ1n) is 9.47. The van der Waals surface area contributed by atoms with Gasteiger partial charge in [0.1, 0.15) is 15.8 Å². The Bertz CT molecular complexity index is 953. The van der Waals surface area contributed by atoms with Crippen LogP contribution in [0.3, 0.4) is 0 Å². The van der Waals surface area contributed by atoms with E-state index in [0.29, 0.717) is 5.02 Å². The number of rotatable bonds is 6. The summed E-state index contributed by atoms with van der Waals surface area (Å²) >= 11 is 20.0. The van der Waals surface area contributed by atoms with Crippen molar-refractivity contribution in [2.24, 2.45) is 5.92 Å². The van der Waals surface area contributed by atoms with Crippen molar-refractivity contribution in [3.8, 4) is 11.5 Å². The summed E-state index contributed by atoms with van der Waals surface area (Å²) in [6.45, 7) is 2.16. The maximum atomic E-state index is 6.92. The van der Waals surface area contributed by atoms with E-state index in [-0.39, 0.29) is 5.92 Å². The molecule has 1 aliphatic carbocycles. The van der Waals surface area contributed by atoms with Crippen LogP contribution in [0, 0.1) is 5.92 Å². The fourth-order valence-corrected chi connectivity index (χ4v) is 5.52. The molecule has 3 aromatic carbocycles. The van der Waals surface area contributed by atoms with Crippen molar-refractivity contribution < 1.29 is 4.74 Å². The predicted octanol–water partition coefficient (Wildman–Crippen LogP) is 8.02. The molecule has 0 spiro atoms. The lowest BCUT2D eigenvalue weighted by molar-refractivity contribution is 0.481. The molecule has 0 heterocycles. The zero-order valence-corrected chi connectivity index (χ0v) is 17.8. The highest BCUT2D eigenvalue weighted by molar-refractivity contribution is 6.53. The van der Waals surface area contributed by atoms with Crippen molar-refractivity contribution in [2.75, 3.05) is 0 Å². The Morgan fingerprint density at radius 1 is 0.821 bits per heavy atom. The van der Waals surface area contributed by atoms with Crippen LogP contribution < -0.4 is 4.74 Å². The van der Waals surface area contributed by atoms with Gasteiger partial charge in [0.25, 0.3) is 0 Å². The molecular weight excluding hydrogens is 411 g/mol. The third-order valence-corrected chi connectivity index (χ3v) is 6.92. The third kappa shape index (κ3) is 3.20. The van der Waals surface area contributed by atoms with Crippen molar-refractivity contribution in [1.29, 1.82) is 0 Å². The fourth-order valence-electron chi connectivity index (χ4n) is 4.26. The molecule has 4 rings (SSSR count). The molecule has 0 saturated heterocycles. The molecule has 1 aliphatic rings. The minimum Gasteiger partial charge on any atom is -0.457 e. The summed E-state index contributed by atoms with van der Waals surface area (Å²) in [5, 5.41) is 0.697. The van der Waals surface area contributed by atoms with E-state index in [0.717, 1.165) is 35.5 Å². The van der Waals surface area contributed by atoms with Gasteiger partial charge in [0.05, 0.1) is 5.41 Å². The molecule has 0 bridgehead atoms. The lowest BCUT2D eigenvalue weighted by atomic mass is 9.84. The molecule has 0 aromatic heterocycles. The summed E-state index contributed by atoms with van der Waals surface area (Å²) < 4.78 is 5.18. The van der Waals surface area contributed by atoms with E-state index < -0.39 is 9.75 Å². The van der Waals surface area contributed by atoms with Crippen molar-refractivity contribution in [2.45, 2.75) is 29.5 Å². The van der Waals surface area contributed by atoms with E-state index >= 15 is 0 Å². The van der Waals surface area contributed by atoms with Gasteiger partial charge in [-0.05, 0) is 53.9 Å². The lowest BCUT2D eigenvalue weighted by Gasteiger charge is -2.21. The Morgan fingerprint density at radius 3 is 2.18 bits per heavy atom. The molecule has 0 N–H and O–H groups in total. The molecule has 2 unspecified atom stereocenters. The Labute approximate surface area is 181 Å². The fraction of sp³-hybridized carbons (Fsp3) is 0.250. The van der Waals surface area contributed by atoms with Gasteiger partial charge < -0.3 is 4.74 Å². The molecule has 4 heteroatoms. The second-order valence-corrected chi connectivity index (χ2v) is 9.04. The molecule has 0 amide bonds. The van der Waals surface area contributed by atoms with Crippen LogP contribution in [-0.4, -0.2) is 4.33 Å². The van der Waals surface area contributed by atoms with Crippen molar-refractivity contribution in [3.63, 3.8) is 0 Å². The quantitative estimate of drug-likeness (QED) is 0.359. The number of benzene rings is 3. The van der Waals surface area contributed by atoms with Gasteiger partial charge >= 0.3 is 0 Å². The topological polar surface area (TPSA) is 9.23 Å². The van der Waals surface area contributed by atoms with Gasteiger partial charge in [-0.3, -0.25) is 0 Å². The summed E-state index contributed by atoms with van der Waals surface area (Å²) in [6.07, 6.45) is 1.96. The number of alkyl halides is 2. The highest BCUT2D eigenvalue weighted by Crippen LogP contribution is 2.74. The van der Waals surface area contributed by atoms with Crippen LogP contribution in [0.15, 0.2) is 78.9 Å². The Hall–Kier alpha value is -1.67. The summed E-state index contributed by atoms with van der Waals surface area (Å²) in [7, 11) is 0. The monoisotopic (exact) mass is 430 g/mol. The summed E-state index contributed by atoms with van der Waals surface area (Å²) in [4.78, 5) is 0. The van der Waals surface area contributed by atoms with Gasteiger partial charge in [-0.15, -0.1) is 0 Å². The Morgan fingerprint density at radius 2 is 1.50 bits per heavy atom. The molecule has 2 atom stereocenters. The zero-order valence-electron chi connectivity index (χ0n) is 15.5. The van der Waals surface area contributed by atoms with E-state index in [1.807, 2.05) is 66.7 Å². The minimum atomic E-state index is -0.873. The van der Waals surface area contributed by atoms with Gasteiger partial charge in [0.2, 0.25) is 0 Å². The molecule has 144 valence electrons. The molecule has 0 radical (unpaired) electrons. The predicted molar refractivity (Wildman–Crippen MR) is 118 cm³/mol. The van der Waals surface area contributed by atoms with Crippen LogP contribution in [0.4, 0.5) is 0 Å². The number of hydrogen-bond acceptors (Lipinski definition) is 1. The van der Waals surface area contributed by atoms with E-state index in [9.17, 15) is 0 Å². The van der Waals surface area contributed by atoms with Crippen LogP contribution in [-0.2, 0) is 5.41 Å². The zero-order chi connectivity index (χ0) is 19.8. The molecule has 1 saturated carbocycles. The second kappa shape index (κ2) is 7.63. The molecule has 3 aromatic rings. The standard InChI is InChI=1S/C24H21Cl3O/c1-2-7-22-23(24(22,26)27,17-12-14-19(25)15-13-17)18-8-6-11-21(16-18)28-20-9-4-3-5-10-20/h3-6,8-16,22H,2,7H2,1H3. The summed E-state index contributed by atoms with van der Waals surface area (Å²) in [5.74, 6) is 1.69. The maximum absolute atomic E-state index is 6.92. The third-order valence-electron chi connectivity index (χ3n) is 5.55. The van der Waals surface area contributed by atoms with Crippen molar-refractivity contribution in [3.05, 3.63) is 95.0 Å².